The Kier molecular flexibility index (Phi) is 2.39. The van der Waals surface area contributed by atoms with Gasteiger partial charge in [-0.2, -0.15) is 0 Å². The number of hydrogen-bond acceptors (Lipinski definition) is 2. The Morgan fingerprint density at radius 3 is 2.64 bits per heavy atom. The van der Waals surface area contributed by atoms with Crippen molar-refractivity contribution in [3.05, 3.63) is 0 Å². The van der Waals surface area contributed by atoms with E-state index in [4.69, 9.17) is 9.47 Å². The molecule has 82 valence electrons. The summed E-state index contributed by atoms with van der Waals surface area (Å²) in [5, 5.41) is 0. The molecule has 2 heteroatoms. The first kappa shape index (κ1) is 10.4. The van der Waals surface area contributed by atoms with Crippen LogP contribution in [0.5, 0.6) is 0 Å². The predicted octanol–water partition coefficient (Wildman–Crippen LogP) is 2.62. The van der Waals surface area contributed by atoms with E-state index in [1.807, 2.05) is 0 Å². The highest BCUT2D eigenvalue weighted by Gasteiger charge is 2.56. The second kappa shape index (κ2) is 3.21. The molecular weight excluding hydrogens is 176 g/mol. The van der Waals surface area contributed by atoms with Crippen molar-refractivity contribution in [3.63, 3.8) is 0 Å². The number of methoxy groups -OCH3 is 1. The highest BCUT2D eigenvalue weighted by Crippen LogP contribution is 2.54. The minimum Gasteiger partial charge on any atom is -0.382 e. The third-order valence-corrected chi connectivity index (χ3v) is 3.86. The summed E-state index contributed by atoms with van der Waals surface area (Å²) in [6.45, 7) is 7.73. The highest BCUT2D eigenvalue weighted by molar-refractivity contribution is 5.05. The average molecular weight is 198 g/mol. The second-order valence-corrected chi connectivity index (χ2v) is 5.93. The molecule has 0 aromatic rings. The van der Waals surface area contributed by atoms with E-state index in [0.29, 0.717) is 17.4 Å². The van der Waals surface area contributed by atoms with Crippen LogP contribution in [0.2, 0.25) is 0 Å². The van der Waals surface area contributed by atoms with E-state index in [1.165, 1.54) is 19.3 Å². The van der Waals surface area contributed by atoms with Crippen molar-refractivity contribution in [2.75, 3.05) is 13.7 Å². The maximum atomic E-state index is 6.11. The third kappa shape index (κ3) is 1.49. The summed E-state index contributed by atoms with van der Waals surface area (Å²) in [4.78, 5) is 0. The van der Waals surface area contributed by atoms with Gasteiger partial charge < -0.3 is 9.47 Å². The molecule has 2 bridgehead atoms. The van der Waals surface area contributed by atoms with E-state index < -0.39 is 0 Å². The lowest BCUT2D eigenvalue weighted by molar-refractivity contribution is -0.0812. The van der Waals surface area contributed by atoms with Gasteiger partial charge in [-0.3, -0.25) is 0 Å². The van der Waals surface area contributed by atoms with Crippen molar-refractivity contribution in [3.8, 4) is 0 Å². The number of hydrogen-bond donors (Lipinski definition) is 0. The maximum Gasteiger partial charge on any atom is 0.0953 e. The van der Waals surface area contributed by atoms with Gasteiger partial charge >= 0.3 is 0 Å². The number of rotatable bonds is 2. The summed E-state index contributed by atoms with van der Waals surface area (Å²) >= 11 is 0. The van der Waals surface area contributed by atoms with Crippen LogP contribution in [-0.4, -0.2) is 25.4 Å². The van der Waals surface area contributed by atoms with Crippen molar-refractivity contribution >= 4 is 0 Å². The van der Waals surface area contributed by atoms with E-state index >= 15 is 0 Å². The molecule has 3 unspecified atom stereocenters. The zero-order chi connectivity index (χ0) is 10.4. The van der Waals surface area contributed by atoms with Gasteiger partial charge in [0.15, 0.2) is 0 Å². The molecule has 0 radical (unpaired) electrons. The Morgan fingerprint density at radius 2 is 2.14 bits per heavy atom. The Labute approximate surface area is 87.0 Å². The second-order valence-electron chi connectivity index (χ2n) is 5.93. The van der Waals surface area contributed by atoms with Crippen LogP contribution in [0.25, 0.3) is 0 Å². The molecule has 0 N–H and O–H groups in total. The zero-order valence-electron chi connectivity index (χ0n) is 9.80. The molecule has 0 amide bonds. The topological polar surface area (TPSA) is 18.5 Å². The SMILES string of the molecule is COCC12CCC(CC1C(C)(C)C)O2. The van der Waals surface area contributed by atoms with Gasteiger partial charge in [0, 0.05) is 7.11 Å². The summed E-state index contributed by atoms with van der Waals surface area (Å²) in [5.74, 6) is 0.661. The molecular formula is C12H22O2. The van der Waals surface area contributed by atoms with Gasteiger partial charge in [0.2, 0.25) is 0 Å². The summed E-state index contributed by atoms with van der Waals surface area (Å²) in [7, 11) is 1.78. The monoisotopic (exact) mass is 198 g/mol. The quantitative estimate of drug-likeness (QED) is 0.679. The van der Waals surface area contributed by atoms with Crippen LogP contribution in [-0.2, 0) is 9.47 Å². The Bertz CT molecular complexity index is 219. The fraction of sp³-hybridized carbons (Fsp3) is 1.00. The van der Waals surface area contributed by atoms with Crippen LogP contribution in [0.15, 0.2) is 0 Å². The molecule has 2 saturated heterocycles. The summed E-state index contributed by atoms with van der Waals surface area (Å²) in [5.41, 5.74) is 0.380. The zero-order valence-corrected chi connectivity index (χ0v) is 9.80. The first-order valence-corrected chi connectivity index (χ1v) is 5.65. The van der Waals surface area contributed by atoms with Crippen molar-refractivity contribution in [2.24, 2.45) is 11.3 Å². The molecule has 0 saturated carbocycles. The van der Waals surface area contributed by atoms with Crippen LogP contribution >= 0.6 is 0 Å². The van der Waals surface area contributed by atoms with Gasteiger partial charge in [-0.1, -0.05) is 20.8 Å². The molecule has 3 atom stereocenters. The van der Waals surface area contributed by atoms with Gasteiger partial charge in [-0.25, -0.2) is 0 Å². The van der Waals surface area contributed by atoms with E-state index in [-0.39, 0.29) is 5.60 Å². The Balaban J connectivity index is 2.19. The lowest BCUT2D eigenvalue weighted by Gasteiger charge is -2.40. The van der Waals surface area contributed by atoms with Crippen molar-refractivity contribution < 1.29 is 9.47 Å². The fourth-order valence-electron chi connectivity index (χ4n) is 3.35. The summed E-state index contributed by atoms with van der Waals surface area (Å²) < 4.78 is 11.5. The molecule has 2 rings (SSSR count). The smallest absolute Gasteiger partial charge is 0.0953 e. The Morgan fingerprint density at radius 1 is 1.43 bits per heavy atom. The average Bonchev–Trinajstić information content (AvgIpc) is 2.59. The predicted molar refractivity (Wildman–Crippen MR) is 56.3 cm³/mol. The summed E-state index contributed by atoms with van der Waals surface area (Å²) in [6, 6.07) is 0. The normalized spacial score (nSPS) is 42.0. The maximum absolute atomic E-state index is 6.11. The van der Waals surface area contributed by atoms with Crippen LogP contribution < -0.4 is 0 Å². The van der Waals surface area contributed by atoms with Gasteiger partial charge in [-0.15, -0.1) is 0 Å². The summed E-state index contributed by atoms with van der Waals surface area (Å²) in [6.07, 6.45) is 4.16. The molecule has 14 heavy (non-hydrogen) atoms. The first-order valence-electron chi connectivity index (χ1n) is 5.65. The van der Waals surface area contributed by atoms with Gasteiger partial charge in [0.25, 0.3) is 0 Å². The third-order valence-electron chi connectivity index (χ3n) is 3.86. The van der Waals surface area contributed by atoms with Crippen LogP contribution in [0.3, 0.4) is 0 Å². The molecule has 2 aliphatic heterocycles. The van der Waals surface area contributed by atoms with Crippen molar-refractivity contribution in [1.29, 1.82) is 0 Å². The fourth-order valence-corrected chi connectivity index (χ4v) is 3.35. The number of fused-ring (bicyclic) bond motifs is 2. The Hall–Kier alpha value is -0.0800. The largest absolute Gasteiger partial charge is 0.382 e. The highest BCUT2D eigenvalue weighted by atomic mass is 16.6. The molecule has 0 aromatic carbocycles. The van der Waals surface area contributed by atoms with Crippen LogP contribution in [0.4, 0.5) is 0 Å². The molecule has 0 aliphatic carbocycles. The molecule has 0 spiro atoms. The van der Waals surface area contributed by atoms with Crippen molar-refractivity contribution in [1.82, 2.24) is 0 Å². The lowest BCUT2D eigenvalue weighted by Crippen LogP contribution is -2.44. The van der Waals surface area contributed by atoms with E-state index in [9.17, 15) is 0 Å². The van der Waals surface area contributed by atoms with E-state index in [1.54, 1.807) is 7.11 Å². The van der Waals surface area contributed by atoms with Crippen LogP contribution in [0, 0.1) is 11.3 Å². The molecule has 2 nitrogen and oxygen atoms in total. The standard InChI is InChI=1S/C12H22O2/c1-11(2,3)10-7-9-5-6-12(10,14-9)8-13-4/h9-10H,5-8H2,1-4H3. The van der Waals surface area contributed by atoms with Gasteiger partial charge in [-0.05, 0) is 30.6 Å². The number of ether oxygens (including phenoxy) is 2. The molecule has 0 aromatic heterocycles. The minimum absolute atomic E-state index is 0.0394. The first-order chi connectivity index (χ1) is 6.48. The van der Waals surface area contributed by atoms with E-state index in [2.05, 4.69) is 20.8 Å². The van der Waals surface area contributed by atoms with Crippen LogP contribution in [0.1, 0.15) is 40.0 Å². The van der Waals surface area contributed by atoms with Gasteiger partial charge in [0.05, 0.1) is 18.3 Å². The molecule has 2 fully saturated rings. The lowest BCUT2D eigenvalue weighted by atomic mass is 9.66. The van der Waals surface area contributed by atoms with Gasteiger partial charge in [0.1, 0.15) is 0 Å². The molecule has 2 aliphatic rings. The van der Waals surface area contributed by atoms with Crippen molar-refractivity contribution in [2.45, 2.75) is 51.7 Å². The molecule has 2 heterocycles. The van der Waals surface area contributed by atoms with E-state index in [0.717, 1.165) is 6.61 Å². The minimum atomic E-state index is 0.0394.